The van der Waals surface area contributed by atoms with Gasteiger partial charge in [-0.25, -0.2) is 9.78 Å². The van der Waals surface area contributed by atoms with E-state index in [0.29, 0.717) is 6.42 Å². The lowest BCUT2D eigenvalue weighted by molar-refractivity contribution is -0.548. The Morgan fingerprint density at radius 3 is 2.74 bits per heavy atom. The molecule has 6 atom stereocenters. The van der Waals surface area contributed by atoms with Crippen molar-refractivity contribution in [1.29, 1.82) is 0 Å². The van der Waals surface area contributed by atoms with Crippen LogP contribution in [0.3, 0.4) is 0 Å². The number of fused-ring (bicyclic) bond motifs is 3. The number of halogens is 4. The van der Waals surface area contributed by atoms with Gasteiger partial charge in [-0.2, -0.15) is 13.2 Å². The van der Waals surface area contributed by atoms with Crippen molar-refractivity contribution in [1.82, 2.24) is 0 Å². The summed E-state index contributed by atoms with van der Waals surface area (Å²) in [5.41, 5.74) is -0.964. The molecule has 9 heteroatoms. The topological polar surface area (TPSA) is 54.0 Å². The number of carbonyl (C=O) groups excluding carboxylic acids is 1. The van der Waals surface area contributed by atoms with E-state index in [-0.39, 0.29) is 29.1 Å². The molecule has 5 nitrogen and oxygen atoms in total. The van der Waals surface area contributed by atoms with Crippen molar-refractivity contribution in [2.75, 3.05) is 0 Å². The molecule has 27 heavy (non-hydrogen) atoms. The molecule has 4 fully saturated rings. The summed E-state index contributed by atoms with van der Waals surface area (Å²) in [7, 11) is 0. The van der Waals surface area contributed by atoms with Crippen LogP contribution in [0.2, 0.25) is 0 Å². The number of hydrogen-bond acceptors (Lipinski definition) is 5. The van der Waals surface area contributed by atoms with Gasteiger partial charge in [-0.15, -0.1) is 0 Å². The van der Waals surface area contributed by atoms with Gasteiger partial charge in [-0.05, 0) is 39.0 Å². The summed E-state index contributed by atoms with van der Waals surface area (Å²) in [5.74, 6) is -2.10. The van der Waals surface area contributed by atoms with E-state index in [1.165, 1.54) is 0 Å². The zero-order valence-corrected chi connectivity index (χ0v) is 17.7. The van der Waals surface area contributed by atoms with Gasteiger partial charge in [0.05, 0.1) is 5.92 Å². The number of rotatable bonds is 6. The molecular weight excluding hydrogens is 480 g/mol. The minimum atomic E-state index is -4.23. The third-order valence-electron chi connectivity index (χ3n) is 5.80. The summed E-state index contributed by atoms with van der Waals surface area (Å²) in [6, 6.07) is 0. The van der Waals surface area contributed by atoms with Gasteiger partial charge in [0.1, 0.15) is 0 Å². The summed E-state index contributed by atoms with van der Waals surface area (Å²) in [6.45, 7) is 3.86. The lowest BCUT2D eigenvalue weighted by Gasteiger charge is -2.51. The first-order valence-electron chi connectivity index (χ1n) is 9.54. The van der Waals surface area contributed by atoms with E-state index >= 15 is 0 Å². The molecule has 4 saturated heterocycles. The van der Waals surface area contributed by atoms with Crippen LogP contribution in [0.5, 0.6) is 0 Å². The minimum absolute atomic E-state index is 0.0330. The molecule has 2 bridgehead atoms. The highest BCUT2D eigenvalue weighted by atomic mass is 127. The fraction of sp³-hybridized carbons (Fsp3) is 0.944. The second-order valence-corrected chi connectivity index (χ2v) is 9.60. The van der Waals surface area contributed by atoms with E-state index in [9.17, 15) is 18.0 Å². The first kappa shape index (κ1) is 21.6. The van der Waals surface area contributed by atoms with E-state index in [1.807, 2.05) is 0 Å². The van der Waals surface area contributed by atoms with E-state index in [2.05, 4.69) is 29.5 Å². The first-order chi connectivity index (χ1) is 12.6. The Hall–Kier alpha value is -0.130. The molecule has 0 aromatic carbocycles. The van der Waals surface area contributed by atoms with Crippen LogP contribution in [0, 0.1) is 11.8 Å². The van der Waals surface area contributed by atoms with Gasteiger partial charge in [-0.1, -0.05) is 35.9 Å². The second-order valence-electron chi connectivity index (χ2n) is 8.00. The normalized spacial score (nSPS) is 40.2. The lowest BCUT2D eigenvalue weighted by atomic mass is 9.73. The summed E-state index contributed by atoms with van der Waals surface area (Å²) >= 11 is 2.39. The van der Waals surface area contributed by atoms with Crippen LogP contribution in [0.15, 0.2) is 0 Å². The number of carbonyl (C=O) groups is 1. The molecule has 0 saturated carbocycles. The Morgan fingerprint density at radius 2 is 2.07 bits per heavy atom. The zero-order valence-electron chi connectivity index (χ0n) is 15.5. The lowest BCUT2D eigenvalue weighted by Crippen LogP contribution is -2.64. The summed E-state index contributed by atoms with van der Waals surface area (Å²) < 4.78 is 49.2. The highest BCUT2D eigenvalue weighted by Gasteiger charge is 2.65. The van der Waals surface area contributed by atoms with Crippen LogP contribution in [-0.2, 0) is 24.0 Å². The van der Waals surface area contributed by atoms with Crippen LogP contribution in [0.4, 0.5) is 13.2 Å². The van der Waals surface area contributed by atoms with Crippen molar-refractivity contribution in [3.8, 4) is 0 Å². The molecule has 4 aliphatic heterocycles. The predicted octanol–water partition coefficient (Wildman–Crippen LogP) is 5.06. The zero-order chi connectivity index (χ0) is 19.9. The maximum atomic E-state index is 12.5. The fourth-order valence-corrected chi connectivity index (χ4v) is 5.95. The van der Waals surface area contributed by atoms with Gasteiger partial charge < -0.3 is 9.47 Å². The van der Waals surface area contributed by atoms with Gasteiger partial charge in [0.15, 0.2) is 5.60 Å². The maximum Gasteiger partial charge on any atom is 0.389 e. The number of esters is 1. The average molecular weight is 506 g/mol. The fourth-order valence-electron chi connectivity index (χ4n) is 4.36. The van der Waals surface area contributed by atoms with Crippen LogP contribution < -0.4 is 0 Å². The van der Waals surface area contributed by atoms with Crippen LogP contribution >= 0.6 is 22.6 Å². The summed E-state index contributed by atoms with van der Waals surface area (Å²) in [4.78, 5) is 23.8. The molecule has 0 aliphatic carbocycles. The molecule has 4 unspecified atom stereocenters. The van der Waals surface area contributed by atoms with Gasteiger partial charge in [0.2, 0.25) is 12.1 Å². The molecule has 156 valence electrons. The molecule has 0 radical (unpaired) electrons. The molecule has 4 aliphatic rings. The van der Waals surface area contributed by atoms with E-state index in [4.69, 9.17) is 19.2 Å². The maximum absolute atomic E-state index is 12.5. The molecular formula is C18H26F3IO5. The molecule has 1 spiro atoms. The predicted molar refractivity (Wildman–Crippen MR) is 97.7 cm³/mol. The molecule has 4 heterocycles. The van der Waals surface area contributed by atoms with Crippen molar-refractivity contribution in [2.24, 2.45) is 11.8 Å². The van der Waals surface area contributed by atoms with Gasteiger partial charge in [0, 0.05) is 22.7 Å². The SMILES string of the molecule is CCCC(I)[C@@H]1CCC2(C)OOC13C[C@H](CCCC(F)(F)F)C(=O)OC3O2. The van der Waals surface area contributed by atoms with Crippen molar-refractivity contribution in [3.63, 3.8) is 0 Å². The highest BCUT2D eigenvalue weighted by molar-refractivity contribution is 14.1. The van der Waals surface area contributed by atoms with Crippen LogP contribution in [-0.4, -0.2) is 33.7 Å². The monoisotopic (exact) mass is 506 g/mol. The summed E-state index contributed by atoms with van der Waals surface area (Å²) in [5, 5.41) is 0. The average Bonchev–Trinajstić information content (AvgIpc) is 2.77. The smallest absolute Gasteiger partial charge is 0.389 e. The number of alkyl halides is 4. The van der Waals surface area contributed by atoms with Gasteiger partial charge in [-0.3, -0.25) is 4.79 Å². The Morgan fingerprint density at radius 1 is 1.33 bits per heavy atom. The molecule has 0 aromatic heterocycles. The number of hydrogen-bond donors (Lipinski definition) is 0. The largest absolute Gasteiger partial charge is 0.432 e. The van der Waals surface area contributed by atoms with Gasteiger partial charge >= 0.3 is 12.1 Å². The van der Waals surface area contributed by atoms with Crippen molar-refractivity contribution in [2.45, 2.75) is 93.0 Å². The van der Waals surface area contributed by atoms with Crippen molar-refractivity contribution >= 4 is 28.6 Å². The molecule has 0 N–H and O–H groups in total. The number of ether oxygens (including phenoxy) is 2. The Kier molecular flexibility index (Phi) is 6.35. The quantitative estimate of drug-likeness (QED) is 0.218. The Labute approximate surface area is 170 Å². The second kappa shape index (κ2) is 7.95. The Bertz CT molecular complexity index is 560. The minimum Gasteiger partial charge on any atom is -0.432 e. The molecule has 0 amide bonds. The summed E-state index contributed by atoms with van der Waals surface area (Å²) in [6.07, 6.45) is -2.41. The van der Waals surface area contributed by atoms with E-state index in [1.54, 1.807) is 6.92 Å². The Balaban J connectivity index is 1.81. The van der Waals surface area contributed by atoms with Crippen LogP contribution in [0.25, 0.3) is 0 Å². The third kappa shape index (κ3) is 4.56. The molecule has 0 aromatic rings. The van der Waals surface area contributed by atoms with Crippen molar-refractivity contribution < 1.29 is 37.2 Å². The first-order valence-corrected chi connectivity index (χ1v) is 10.8. The van der Waals surface area contributed by atoms with Gasteiger partial charge in [0.25, 0.3) is 0 Å². The standard InChI is InChI=1S/C18H26F3IO5/c1-3-5-13(22)12-7-9-16(2)25-15-17(12,27-26-16)10-11(14(23)24-15)6-4-8-18(19,20)21/h11-13,15H,3-10H2,1-2H3/t11-,12-,13?,15?,16?,17?/m0/s1. The highest BCUT2D eigenvalue weighted by Crippen LogP contribution is 2.54. The van der Waals surface area contributed by atoms with Crippen molar-refractivity contribution in [3.05, 3.63) is 0 Å². The molecule has 4 rings (SSSR count). The van der Waals surface area contributed by atoms with E-state index in [0.717, 1.165) is 19.3 Å². The van der Waals surface area contributed by atoms with Crippen LogP contribution in [0.1, 0.15) is 65.2 Å². The van der Waals surface area contributed by atoms with E-state index < -0.39 is 42.2 Å². The third-order valence-corrected chi connectivity index (χ3v) is 7.29.